The molecule has 0 saturated heterocycles. The molecule has 1 aromatic heterocycles. The molecule has 0 radical (unpaired) electrons. The molecule has 2 aliphatic rings. The predicted octanol–water partition coefficient (Wildman–Crippen LogP) is 3.54. The van der Waals surface area contributed by atoms with Gasteiger partial charge in [0.1, 0.15) is 0 Å². The van der Waals surface area contributed by atoms with Gasteiger partial charge in [0.15, 0.2) is 5.78 Å². The molecule has 0 unspecified atom stereocenters. The lowest BCUT2D eigenvalue weighted by Crippen LogP contribution is -2.33. The zero-order valence-electron chi connectivity index (χ0n) is 12.5. The monoisotopic (exact) mass is 347 g/mol. The van der Waals surface area contributed by atoms with Crippen LogP contribution in [0.1, 0.15) is 44.9 Å². The first-order chi connectivity index (χ1) is 10.8. The lowest BCUT2D eigenvalue weighted by molar-refractivity contribution is -0.147. The highest BCUT2D eigenvalue weighted by Gasteiger charge is 2.50. The van der Waals surface area contributed by atoms with Crippen molar-refractivity contribution >= 4 is 23.2 Å². The standard InChI is InChI=1S/C15H16F3NO3S/c1-2-22-14(21)19-5-3-8-11(4-6-19)23-13-9(15(16,17)18)7-10(20)12(8)13/h9H,2-7H2,1H3/t9-/m0/s1. The highest BCUT2D eigenvalue weighted by atomic mass is 32.1. The molecule has 8 heteroatoms. The fraction of sp³-hybridized carbons (Fsp3) is 0.600. The molecule has 1 aliphatic heterocycles. The number of ether oxygens (including phenoxy) is 1. The second kappa shape index (κ2) is 5.81. The van der Waals surface area contributed by atoms with Crippen LogP contribution in [0, 0.1) is 0 Å². The van der Waals surface area contributed by atoms with Crippen molar-refractivity contribution in [3.8, 4) is 0 Å². The van der Waals surface area contributed by atoms with E-state index in [0.29, 0.717) is 31.5 Å². The van der Waals surface area contributed by atoms with Gasteiger partial charge >= 0.3 is 12.3 Å². The minimum absolute atomic E-state index is 0.164. The van der Waals surface area contributed by atoms with Gasteiger partial charge in [-0.15, -0.1) is 11.3 Å². The summed E-state index contributed by atoms with van der Waals surface area (Å²) in [5.41, 5.74) is 0.964. The van der Waals surface area contributed by atoms with Gasteiger partial charge in [0, 0.05) is 34.8 Å². The molecule has 23 heavy (non-hydrogen) atoms. The number of thiophene rings is 1. The molecule has 0 N–H and O–H groups in total. The second-order valence-electron chi connectivity index (χ2n) is 5.65. The smallest absolute Gasteiger partial charge is 0.409 e. The molecule has 0 fully saturated rings. The number of amides is 1. The van der Waals surface area contributed by atoms with Gasteiger partial charge in [-0.05, 0) is 25.3 Å². The van der Waals surface area contributed by atoms with Crippen LogP contribution in [-0.4, -0.2) is 42.6 Å². The zero-order chi connectivity index (χ0) is 16.8. The summed E-state index contributed by atoms with van der Waals surface area (Å²) >= 11 is 1.08. The number of alkyl halides is 3. The Bertz CT molecular complexity index is 653. The summed E-state index contributed by atoms with van der Waals surface area (Å²) in [6.45, 7) is 2.75. The molecular weight excluding hydrogens is 331 g/mol. The molecule has 2 heterocycles. The predicted molar refractivity (Wildman–Crippen MR) is 78.1 cm³/mol. The van der Waals surface area contributed by atoms with Crippen LogP contribution in [0.4, 0.5) is 18.0 Å². The number of hydrogen-bond donors (Lipinski definition) is 0. The summed E-state index contributed by atoms with van der Waals surface area (Å²) in [6.07, 6.45) is -4.43. The zero-order valence-corrected chi connectivity index (χ0v) is 13.4. The Hall–Kier alpha value is -1.57. The second-order valence-corrected chi connectivity index (χ2v) is 6.79. The Morgan fingerprint density at radius 1 is 1.35 bits per heavy atom. The number of carbonyl (C=O) groups excluding carboxylic acids is 2. The van der Waals surface area contributed by atoms with Gasteiger partial charge in [-0.2, -0.15) is 13.2 Å². The van der Waals surface area contributed by atoms with E-state index < -0.39 is 30.4 Å². The molecule has 1 aromatic rings. The maximum absolute atomic E-state index is 13.1. The third kappa shape index (κ3) is 2.84. The van der Waals surface area contributed by atoms with Crippen LogP contribution in [0.5, 0.6) is 0 Å². The number of fused-ring (bicyclic) bond motifs is 3. The van der Waals surface area contributed by atoms with E-state index in [-0.39, 0.29) is 17.0 Å². The number of rotatable bonds is 1. The van der Waals surface area contributed by atoms with Crippen molar-refractivity contribution in [2.75, 3.05) is 19.7 Å². The Labute approximate surface area is 135 Å². The first-order valence-electron chi connectivity index (χ1n) is 7.49. The molecule has 0 aromatic carbocycles. The third-order valence-electron chi connectivity index (χ3n) is 4.26. The van der Waals surface area contributed by atoms with Crippen LogP contribution in [0.15, 0.2) is 0 Å². The molecule has 1 aliphatic carbocycles. The summed E-state index contributed by atoms with van der Waals surface area (Å²) in [6, 6.07) is 0. The van der Waals surface area contributed by atoms with E-state index in [1.807, 2.05) is 0 Å². The fourth-order valence-corrected chi connectivity index (χ4v) is 4.67. The Balaban J connectivity index is 1.87. The van der Waals surface area contributed by atoms with E-state index in [9.17, 15) is 22.8 Å². The highest BCUT2D eigenvalue weighted by Crippen LogP contribution is 2.50. The highest BCUT2D eigenvalue weighted by molar-refractivity contribution is 7.12. The van der Waals surface area contributed by atoms with Gasteiger partial charge in [0.05, 0.1) is 12.5 Å². The maximum atomic E-state index is 13.1. The lowest BCUT2D eigenvalue weighted by atomic mass is 10.0. The minimum atomic E-state index is -4.39. The number of hydrogen-bond acceptors (Lipinski definition) is 4. The van der Waals surface area contributed by atoms with Gasteiger partial charge in [-0.25, -0.2) is 4.79 Å². The molecule has 4 nitrogen and oxygen atoms in total. The van der Waals surface area contributed by atoms with E-state index in [2.05, 4.69) is 0 Å². The van der Waals surface area contributed by atoms with Gasteiger partial charge in [-0.1, -0.05) is 0 Å². The summed E-state index contributed by atoms with van der Waals surface area (Å²) in [4.78, 5) is 26.4. The van der Waals surface area contributed by atoms with Crippen molar-refractivity contribution in [1.29, 1.82) is 0 Å². The van der Waals surface area contributed by atoms with Gasteiger partial charge < -0.3 is 9.64 Å². The molecule has 1 atom stereocenters. The van der Waals surface area contributed by atoms with Crippen molar-refractivity contribution in [1.82, 2.24) is 4.90 Å². The first-order valence-corrected chi connectivity index (χ1v) is 8.30. The van der Waals surface area contributed by atoms with Gasteiger partial charge in [-0.3, -0.25) is 4.79 Å². The largest absolute Gasteiger partial charge is 0.450 e. The van der Waals surface area contributed by atoms with Gasteiger partial charge in [0.25, 0.3) is 0 Å². The topological polar surface area (TPSA) is 46.6 Å². The summed E-state index contributed by atoms with van der Waals surface area (Å²) < 4.78 is 44.2. The minimum Gasteiger partial charge on any atom is -0.450 e. The van der Waals surface area contributed by atoms with Gasteiger partial charge in [0.2, 0.25) is 0 Å². The van der Waals surface area contributed by atoms with E-state index in [1.165, 1.54) is 0 Å². The molecule has 0 bridgehead atoms. The van der Waals surface area contributed by atoms with E-state index in [0.717, 1.165) is 16.2 Å². The molecule has 1 amide bonds. The number of carbonyl (C=O) groups is 2. The number of nitrogens with zero attached hydrogens (tertiary/aromatic N) is 1. The normalized spacial score (nSPS) is 21.0. The summed E-state index contributed by atoms with van der Waals surface area (Å²) in [5.74, 6) is -2.09. The molecular formula is C15H16F3NO3S. The Morgan fingerprint density at radius 2 is 2.04 bits per heavy atom. The van der Waals surface area contributed by atoms with E-state index in [1.54, 1.807) is 11.8 Å². The molecule has 126 valence electrons. The summed E-state index contributed by atoms with van der Waals surface area (Å²) in [7, 11) is 0. The van der Waals surface area contributed by atoms with Crippen LogP contribution >= 0.6 is 11.3 Å². The number of halogens is 3. The molecule has 0 spiro atoms. The van der Waals surface area contributed by atoms with Crippen molar-refractivity contribution in [2.24, 2.45) is 0 Å². The third-order valence-corrected chi connectivity index (χ3v) is 5.67. The van der Waals surface area contributed by atoms with Crippen LogP contribution in [0.3, 0.4) is 0 Å². The average molecular weight is 347 g/mol. The van der Waals surface area contributed by atoms with Crippen LogP contribution in [-0.2, 0) is 17.6 Å². The SMILES string of the molecule is CCOC(=O)N1CCc2sc3c(c2CC1)C(=O)C[C@@H]3C(F)(F)F. The molecule has 0 saturated carbocycles. The lowest BCUT2D eigenvalue weighted by Gasteiger charge is -2.19. The van der Waals surface area contributed by atoms with Crippen LogP contribution < -0.4 is 0 Å². The van der Waals surface area contributed by atoms with Crippen molar-refractivity contribution in [3.63, 3.8) is 0 Å². The Kier molecular flexibility index (Phi) is 4.12. The van der Waals surface area contributed by atoms with Crippen LogP contribution in [0.25, 0.3) is 0 Å². The van der Waals surface area contributed by atoms with E-state index in [4.69, 9.17) is 4.74 Å². The molecule has 3 rings (SSSR count). The fourth-order valence-electron chi connectivity index (χ4n) is 3.19. The first kappa shape index (κ1) is 16.3. The Morgan fingerprint density at radius 3 is 2.70 bits per heavy atom. The number of Topliss-reactive ketones (excluding diaryl/α,β-unsaturated/α-hetero) is 1. The van der Waals surface area contributed by atoms with Crippen molar-refractivity contribution in [2.45, 2.75) is 38.3 Å². The van der Waals surface area contributed by atoms with Crippen molar-refractivity contribution < 1.29 is 27.5 Å². The summed E-state index contributed by atoms with van der Waals surface area (Å²) in [5, 5.41) is 0. The van der Waals surface area contributed by atoms with Crippen LogP contribution in [0.2, 0.25) is 0 Å². The quantitative estimate of drug-likeness (QED) is 0.781. The average Bonchev–Trinajstić information content (AvgIpc) is 2.89. The number of ketones is 1. The maximum Gasteiger partial charge on any atom is 0.409 e. The van der Waals surface area contributed by atoms with E-state index >= 15 is 0 Å². The van der Waals surface area contributed by atoms with Crippen molar-refractivity contribution in [3.05, 3.63) is 20.9 Å².